The number of aliphatic hydroxyl groups is 1. The molecule has 0 aromatic heterocycles. The van der Waals surface area contributed by atoms with Crippen molar-refractivity contribution in [1.82, 2.24) is 0 Å². The number of hydrogen-bond donors (Lipinski definition) is 2. The molecule has 1 aromatic rings. The van der Waals surface area contributed by atoms with Crippen molar-refractivity contribution < 1.29 is 18.3 Å². The predicted molar refractivity (Wildman–Crippen MR) is 89.4 cm³/mol. The standard InChI is InChI=1S/C16H27NO4S/c1-3-8-16(18)14-9-7-10-15(13-14)17-22(19,20)12-6-4-5-11-21-2/h7,9-10,13,16-18H,3-6,8,11-12H2,1-2H3. The van der Waals surface area contributed by atoms with E-state index < -0.39 is 16.1 Å². The quantitative estimate of drug-likeness (QED) is 0.612. The van der Waals surface area contributed by atoms with Gasteiger partial charge in [0.05, 0.1) is 11.9 Å². The van der Waals surface area contributed by atoms with Gasteiger partial charge in [0.1, 0.15) is 0 Å². The molecular formula is C16H27NO4S. The SMILES string of the molecule is CCCC(O)c1cccc(NS(=O)(=O)CCCCCOC)c1. The Labute approximate surface area is 133 Å². The zero-order valence-corrected chi connectivity index (χ0v) is 14.2. The maximum atomic E-state index is 12.0. The molecule has 0 amide bonds. The van der Waals surface area contributed by atoms with Crippen molar-refractivity contribution in [2.45, 2.75) is 45.1 Å². The van der Waals surface area contributed by atoms with Crippen LogP contribution in [0.5, 0.6) is 0 Å². The lowest BCUT2D eigenvalue weighted by molar-refractivity contribution is 0.166. The summed E-state index contributed by atoms with van der Waals surface area (Å²) in [5.74, 6) is 0.0957. The number of benzene rings is 1. The molecule has 5 nitrogen and oxygen atoms in total. The van der Waals surface area contributed by atoms with Crippen LogP contribution in [0.1, 0.15) is 50.7 Å². The van der Waals surface area contributed by atoms with Crippen LogP contribution in [0.25, 0.3) is 0 Å². The van der Waals surface area contributed by atoms with E-state index in [0.717, 1.165) is 24.8 Å². The first-order chi connectivity index (χ1) is 10.5. The van der Waals surface area contributed by atoms with Crippen molar-refractivity contribution in [1.29, 1.82) is 0 Å². The molecule has 1 rings (SSSR count). The van der Waals surface area contributed by atoms with Gasteiger partial charge in [-0.05, 0) is 37.0 Å². The average Bonchev–Trinajstić information content (AvgIpc) is 2.47. The predicted octanol–water partition coefficient (Wildman–Crippen LogP) is 3.08. The minimum Gasteiger partial charge on any atom is -0.388 e. The molecule has 0 bridgehead atoms. The summed E-state index contributed by atoms with van der Waals surface area (Å²) in [6.45, 7) is 2.66. The number of hydrogen-bond acceptors (Lipinski definition) is 4. The summed E-state index contributed by atoms with van der Waals surface area (Å²) in [4.78, 5) is 0. The highest BCUT2D eigenvalue weighted by Gasteiger charge is 2.12. The first-order valence-electron chi connectivity index (χ1n) is 7.76. The van der Waals surface area contributed by atoms with Gasteiger partial charge in [0.2, 0.25) is 10.0 Å². The van der Waals surface area contributed by atoms with Gasteiger partial charge in [0.15, 0.2) is 0 Å². The molecule has 1 atom stereocenters. The molecule has 0 saturated heterocycles. The largest absolute Gasteiger partial charge is 0.388 e. The van der Waals surface area contributed by atoms with Crippen molar-refractivity contribution in [2.24, 2.45) is 0 Å². The van der Waals surface area contributed by atoms with Crippen molar-refractivity contribution in [2.75, 3.05) is 24.2 Å². The van der Waals surface area contributed by atoms with E-state index in [-0.39, 0.29) is 5.75 Å². The Hall–Kier alpha value is -1.11. The van der Waals surface area contributed by atoms with Crippen molar-refractivity contribution >= 4 is 15.7 Å². The highest BCUT2D eigenvalue weighted by Crippen LogP contribution is 2.22. The Morgan fingerprint density at radius 1 is 1.27 bits per heavy atom. The minimum atomic E-state index is -3.35. The van der Waals surface area contributed by atoms with Gasteiger partial charge in [-0.15, -0.1) is 0 Å². The summed E-state index contributed by atoms with van der Waals surface area (Å²) >= 11 is 0. The topological polar surface area (TPSA) is 75.6 Å². The van der Waals surface area contributed by atoms with Crippen LogP contribution in [0.3, 0.4) is 0 Å². The van der Waals surface area contributed by atoms with Crippen LogP contribution in [-0.2, 0) is 14.8 Å². The van der Waals surface area contributed by atoms with Crippen LogP contribution in [0.2, 0.25) is 0 Å². The molecule has 0 spiro atoms. The molecular weight excluding hydrogens is 302 g/mol. The number of ether oxygens (including phenoxy) is 1. The molecule has 2 N–H and O–H groups in total. The van der Waals surface area contributed by atoms with Crippen LogP contribution in [0.4, 0.5) is 5.69 Å². The number of methoxy groups -OCH3 is 1. The third-order valence-corrected chi connectivity index (χ3v) is 4.74. The summed E-state index contributed by atoms with van der Waals surface area (Å²) < 4.78 is 31.6. The maximum Gasteiger partial charge on any atom is 0.232 e. The lowest BCUT2D eigenvalue weighted by Gasteiger charge is -2.13. The second-order valence-electron chi connectivity index (χ2n) is 5.40. The van der Waals surface area contributed by atoms with E-state index in [1.807, 2.05) is 13.0 Å². The van der Waals surface area contributed by atoms with Crippen LogP contribution in [0.15, 0.2) is 24.3 Å². The minimum absolute atomic E-state index is 0.0957. The monoisotopic (exact) mass is 329 g/mol. The van der Waals surface area contributed by atoms with Gasteiger partial charge >= 0.3 is 0 Å². The molecule has 6 heteroatoms. The fourth-order valence-electron chi connectivity index (χ4n) is 2.20. The lowest BCUT2D eigenvalue weighted by Crippen LogP contribution is -2.17. The number of sulfonamides is 1. The Kier molecular flexibility index (Phi) is 8.45. The van der Waals surface area contributed by atoms with Crippen LogP contribution in [-0.4, -0.2) is 33.0 Å². The van der Waals surface area contributed by atoms with Gasteiger partial charge in [0, 0.05) is 19.4 Å². The molecule has 0 aliphatic heterocycles. The number of aliphatic hydroxyl groups excluding tert-OH is 1. The van der Waals surface area contributed by atoms with E-state index in [0.29, 0.717) is 25.1 Å². The first kappa shape index (κ1) is 18.9. The van der Waals surface area contributed by atoms with Gasteiger partial charge in [0.25, 0.3) is 0 Å². The van der Waals surface area contributed by atoms with Gasteiger partial charge in [-0.25, -0.2) is 8.42 Å². The van der Waals surface area contributed by atoms with Gasteiger partial charge in [-0.2, -0.15) is 0 Å². The Bertz CT molecular complexity index is 531. The summed E-state index contributed by atoms with van der Waals surface area (Å²) in [6, 6.07) is 6.96. The normalized spacial score (nSPS) is 13.0. The van der Waals surface area contributed by atoms with E-state index >= 15 is 0 Å². The Morgan fingerprint density at radius 2 is 2.05 bits per heavy atom. The molecule has 0 saturated carbocycles. The summed E-state index contributed by atoms with van der Waals surface area (Å²) in [5, 5.41) is 9.98. The molecule has 0 fully saturated rings. The lowest BCUT2D eigenvalue weighted by atomic mass is 10.1. The zero-order valence-electron chi connectivity index (χ0n) is 13.4. The highest BCUT2D eigenvalue weighted by molar-refractivity contribution is 7.92. The van der Waals surface area contributed by atoms with E-state index in [1.54, 1.807) is 25.3 Å². The molecule has 0 heterocycles. The molecule has 0 aliphatic carbocycles. The molecule has 1 aromatic carbocycles. The van der Waals surface area contributed by atoms with E-state index in [1.165, 1.54) is 0 Å². The van der Waals surface area contributed by atoms with E-state index in [2.05, 4.69) is 4.72 Å². The molecule has 1 unspecified atom stereocenters. The molecule has 22 heavy (non-hydrogen) atoms. The van der Waals surface area contributed by atoms with Gasteiger partial charge < -0.3 is 9.84 Å². The van der Waals surface area contributed by atoms with Crippen LogP contribution < -0.4 is 4.72 Å². The van der Waals surface area contributed by atoms with E-state index in [4.69, 9.17) is 4.74 Å². The molecule has 0 radical (unpaired) electrons. The third kappa shape index (κ3) is 7.24. The van der Waals surface area contributed by atoms with Gasteiger partial charge in [-0.1, -0.05) is 31.9 Å². The van der Waals surface area contributed by atoms with Gasteiger partial charge in [-0.3, -0.25) is 4.72 Å². The van der Waals surface area contributed by atoms with Crippen molar-refractivity contribution in [3.05, 3.63) is 29.8 Å². The fraction of sp³-hybridized carbons (Fsp3) is 0.625. The summed E-state index contributed by atoms with van der Waals surface area (Å²) in [6.07, 6.45) is 3.28. The second kappa shape index (κ2) is 9.82. The van der Waals surface area contributed by atoms with Crippen LogP contribution >= 0.6 is 0 Å². The summed E-state index contributed by atoms with van der Waals surface area (Å²) in [5.41, 5.74) is 1.24. The van der Waals surface area contributed by atoms with Crippen LogP contribution in [0, 0.1) is 0 Å². The number of anilines is 1. The Morgan fingerprint density at radius 3 is 2.73 bits per heavy atom. The van der Waals surface area contributed by atoms with E-state index in [9.17, 15) is 13.5 Å². The first-order valence-corrected chi connectivity index (χ1v) is 9.41. The number of rotatable bonds is 11. The van der Waals surface area contributed by atoms with Crippen molar-refractivity contribution in [3.8, 4) is 0 Å². The Balaban J connectivity index is 2.56. The highest BCUT2D eigenvalue weighted by atomic mass is 32.2. The number of nitrogens with one attached hydrogen (secondary N) is 1. The second-order valence-corrected chi connectivity index (χ2v) is 7.25. The fourth-order valence-corrected chi connectivity index (χ4v) is 3.37. The molecule has 126 valence electrons. The summed E-state index contributed by atoms with van der Waals surface area (Å²) in [7, 11) is -1.71. The zero-order chi connectivity index (χ0) is 16.4. The number of unbranched alkanes of at least 4 members (excludes halogenated alkanes) is 2. The maximum absolute atomic E-state index is 12.0. The average molecular weight is 329 g/mol. The smallest absolute Gasteiger partial charge is 0.232 e. The third-order valence-electron chi connectivity index (χ3n) is 3.37. The van der Waals surface area contributed by atoms with Crippen molar-refractivity contribution in [3.63, 3.8) is 0 Å². The molecule has 0 aliphatic rings.